The van der Waals surface area contributed by atoms with E-state index in [-0.39, 0.29) is 6.04 Å². The fourth-order valence-electron chi connectivity index (χ4n) is 2.45. The Bertz CT molecular complexity index is 652. The van der Waals surface area contributed by atoms with E-state index in [2.05, 4.69) is 19.1 Å². The van der Waals surface area contributed by atoms with Crippen molar-refractivity contribution in [2.24, 2.45) is 0 Å². The van der Waals surface area contributed by atoms with Crippen molar-refractivity contribution in [1.82, 2.24) is 5.06 Å². The second kappa shape index (κ2) is 6.79. The highest BCUT2D eigenvalue weighted by Crippen LogP contribution is 2.28. The molecule has 1 aliphatic rings. The molecule has 0 N–H and O–H groups in total. The van der Waals surface area contributed by atoms with Crippen LogP contribution in [0.15, 0.2) is 36.4 Å². The average molecular weight is 299 g/mol. The molecule has 1 fully saturated rings. The molecule has 4 nitrogen and oxygen atoms in total. The van der Waals surface area contributed by atoms with E-state index >= 15 is 0 Å². The summed E-state index contributed by atoms with van der Waals surface area (Å²) in [5.74, 6) is 0.872. The molecule has 4 heteroatoms. The number of hydroxylamine groups is 2. The van der Waals surface area contributed by atoms with Gasteiger partial charge in [-0.2, -0.15) is 0 Å². The third-order valence-corrected chi connectivity index (χ3v) is 3.80. The Kier molecular flexibility index (Phi) is 4.59. The lowest BCUT2D eigenvalue weighted by Gasteiger charge is -2.17. The van der Waals surface area contributed by atoms with Crippen molar-refractivity contribution in [2.45, 2.75) is 38.8 Å². The maximum Gasteiger partial charge on any atom is 0.233 e. The predicted molar refractivity (Wildman–Crippen MR) is 85.4 cm³/mol. The maximum atomic E-state index is 11.0. The van der Waals surface area contributed by atoms with E-state index < -0.39 is 0 Å². The first-order chi connectivity index (χ1) is 10.8. The number of rotatable bonds is 8. The fourth-order valence-corrected chi connectivity index (χ4v) is 2.45. The standard InChI is InChI=1S/C18H21NO3/c1-2-10-21-17-9-6-14-4-3-5-15(18(14)11-17)12-22-19(13-20)16-7-8-16/h3-6,9,11,13,16H,2,7-8,10,12H2,1H3. The molecule has 116 valence electrons. The molecule has 1 saturated carbocycles. The molecule has 2 aromatic carbocycles. The van der Waals surface area contributed by atoms with Gasteiger partial charge in [-0.1, -0.05) is 31.2 Å². The van der Waals surface area contributed by atoms with E-state index in [9.17, 15) is 4.79 Å². The van der Waals surface area contributed by atoms with Gasteiger partial charge in [0.25, 0.3) is 0 Å². The molecule has 0 atom stereocenters. The van der Waals surface area contributed by atoms with Gasteiger partial charge in [-0.3, -0.25) is 9.63 Å². The van der Waals surface area contributed by atoms with Crippen molar-refractivity contribution in [1.29, 1.82) is 0 Å². The number of hydrogen-bond acceptors (Lipinski definition) is 3. The van der Waals surface area contributed by atoms with E-state index in [1.807, 2.05) is 24.3 Å². The highest BCUT2D eigenvalue weighted by molar-refractivity contribution is 5.87. The van der Waals surface area contributed by atoms with E-state index in [1.165, 1.54) is 5.06 Å². The van der Waals surface area contributed by atoms with E-state index in [0.29, 0.717) is 13.2 Å². The molecule has 0 bridgehead atoms. The summed E-state index contributed by atoms with van der Waals surface area (Å²) in [6.45, 7) is 3.20. The largest absolute Gasteiger partial charge is 0.494 e. The number of benzene rings is 2. The highest BCUT2D eigenvalue weighted by Gasteiger charge is 2.29. The summed E-state index contributed by atoms with van der Waals surface area (Å²) in [7, 11) is 0. The zero-order valence-electron chi connectivity index (χ0n) is 12.8. The first kappa shape index (κ1) is 14.9. The molecule has 0 saturated heterocycles. The van der Waals surface area contributed by atoms with Gasteiger partial charge in [0, 0.05) is 0 Å². The summed E-state index contributed by atoms with van der Waals surface area (Å²) < 4.78 is 5.71. The van der Waals surface area contributed by atoms with Crippen LogP contribution in [0, 0.1) is 0 Å². The molecule has 22 heavy (non-hydrogen) atoms. The third-order valence-electron chi connectivity index (χ3n) is 3.80. The van der Waals surface area contributed by atoms with Crippen molar-refractivity contribution in [3.05, 3.63) is 42.0 Å². The van der Waals surface area contributed by atoms with Gasteiger partial charge in [0.05, 0.1) is 12.6 Å². The van der Waals surface area contributed by atoms with Crippen LogP contribution in [0.2, 0.25) is 0 Å². The van der Waals surface area contributed by atoms with E-state index in [4.69, 9.17) is 9.57 Å². The molecular weight excluding hydrogens is 278 g/mol. The molecule has 0 spiro atoms. The van der Waals surface area contributed by atoms with Gasteiger partial charge >= 0.3 is 0 Å². The molecule has 1 amide bonds. The molecule has 0 unspecified atom stereocenters. The van der Waals surface area contributed by atoms with Crippen LogP contribution in [-0.2, 0) is 16.2 Å². The van der Waals surface area contributed by atoms with Gasteiger partial charge in [-0.15, -0.1) is 0 Å². The van der Waals surface area contributed by atoms with Crippen molar-refractivity contribution in [3.8, 4) is 5.75 Å². The van der Waals surface area contributed by atoms with Crippen LogP contribution >= 0.6 is 0 Å². The predicted octanol–water partition coefficient (Wildman–Crippen LogP) is 3.68. The number of amides is 1. The Balaban J connectivity index is 1.79. The topological polar surface area (TPSA) is 38.8 Å². The van der Waals surface area contributed by atoms with Crippen molar-refractivity contribution >= 4 is 17.2 Å². The van der Waals surface area contributed by atoms with Crippen LogP contribution in [0.25, 0.3) is 10.8 Å². The van der Waals surface area contributed by atoms with Gasteiger partial charge < -0.3 is 4.74 Å². The van der Waals surface area contributed by atoms with Crippen LogP contribution in [0.4, 0.5) is 0 Å². The fraction of sp³-hybridized carbons (Fsp3) is 0.389. The van der Waals surface area contributed by atoms with Crippen LogP contribution < -0.4 is 4.74 Å². The number of nitrogens with zero attached hydrogens (tertiary/aromatic N) is 1. The lowest BCUT2D eigenvalue weighted by atomic mass is 10.0. The summed E-state index contributed by atoms with van der Waals surface area (Å²) in [5, 5.41) is 3.70. The lowest BCUT2D eigenvalue weighted by molar-refractivity contribution is -0.180. The van der Waals surface area contributed by atoms with Gasteiger partial charge in [0.15, 0.2) is 0 Å². The van der Waals surface area contributed by atoms with Crippen LogP contribution in [0.5, 0.6) is 5.75 Å². The summed E-state index contributed by atoms with van der Waals surface area (Å²) in [6.07, 6.45) is 3.82. The van der Waals surface area contributed by atoms with E-state index in [0.717, 1.165) is 47.8 Å². The van der Waals surface area contributed by atoms with Crippen LogP contribution in [-0.4, -0.2) is 24.1 Å². The zero-order valence-corrected chi connectivity index (χ0v) is 12.8. The van der Waals surface area contributed by atoms with Crippen LogP contribution in [0.1, 0.15) is 31.7 Å². The van der Waals surface area contributed by atoms with Gasteiger partial charge in [-0.25, -0.2) is 5.06 Å². The first-order valence-electron chi connectivity index (χ1n) is 7.83. The molecule has 3 rings (SSSR count). The summed E-state index contributed by atoms with van der Waals surface area (Å²) in [5.41, 5.74) is 1.06. The number of ether oxygens (including phenoxy) is 1. The monoisotopic (exact) mass is 299 g/mol. The number of carbonyl (C=O) groups excluding carboxylic acids is 1. The van der Waals surface area contributed by atoms with Gasteiger partial charge in [-0.05, 0) is 47.7 Å². The maximum absolute atomic E-state index is 11.0. The summed E-state index contributed by atoms with van der Waals surface area (Å²) in [6, 6.07) is 12.5. The molecule has 1 aliphatic carbocycles. The second-order valence-corrected chi connectivity index (χ2v) is 5.62. The van der Waals surface area contributed by atoms with E-state index in [1.54, 1.807) is 0 Å². The Labute approximate surface area is 130 Å². The van der Waals surface area contributed by atoms with Crippen molar-refractivity contribution in [3.63, 3.8) is 0 Å². The second-order valence-electron chi connectivity index (χ2n) is 5.62. The minimum Gasteiger partial charge on any atom is -0.494 e. The smallest absolute Gasteiger partial charge is 0.233 e. The minimum atomic E-state index is 0.260. The first-order valence-corrected chi connectivity index (χ1v) is 7.83. The molecular formula is C18H21NO3. The lowest BCUT2D eigenvalue weighted by Crippen LogP contribution is -2.24. The summed E-state index contributed by atoms with van der Waals surface area (Å²) in [4.78, 5) is 16.7. The molecule has 2 aromatic rings. The molecule has 0 radical (unpaired) electrons. The molecule has 0 aliphatic heterocycles. The number of hydrogen-bond donors (Lipinski definition) is 0. The average Bonchev–Trinajstić information content (AvgIpc) is 3.38. The molecule has 0 heterocycles. The quantitative estimate of drug-likeness (QED) is 0.551. The van der Waals surface area contributed by atoms with Crippen LogP contribution in [0.3, 0.4) is 0 Å². The normalized spacial score (nSPS) is 14.0. The Morgan fingerprint density at radius 1 is 1.27 bits per heavy atom. The minimum absolute atomic E-state index is 0.260. The Hall–Kier alpha value is -2.07. The number of carbonyl (C=O) groups is 1. The Morgan fingerprint density at radius 2 is 2.14 bits per heavy atom. The summed E-state index contributed by atoms with van der Waals surface area (Å²) >= 11 is 0. The number of fused-ring (bicyclic) bond motifs is 1. The SMILES string of the molecule is CCCOc1ccc2cccc(CON(C=O)C3CC3)c2c1. The highest BCUT2D eigenvalue weighted by atomic mass is 16.7. The van der Waals surface area contributed by atoms with Crippen molar-refractivity contribution in [2.75, 3.05) is 6.61 Å². The van der Waals surface area contributed by atoms with Crippen molar-refractivity contribution < 1.29 is 14.4 Å². The Morgan fingerprint density at radius 3 is 2.86 bits per heavy atom. The van der Waals surface area contributed by atoms with Gasteiger partial charge in [0.1, 0.15) is 12.4 Å². The molecule has 0 aromatic heterocycles. The zero-order chi connectivity index (χ0) is 15.4. The third kappa shape index (κ3) is 3.39. The van der Waals surface area contributed by atoms with Gasteiger partial charge in [0.2, 0.25) is 6.41 Å².